The SMILES string of the molecule is COc1ccc(NC(=O)NC[C@@]2(C)CCC[C@]3(C)c4ccc(C(C)C)cc4CC[C@H]23)cc1. The van der Waals surface area contributed by atoms with E-state index in [1.807, 2.05) is 24.3 Å². The maximum absolute atomic E-state index is 12.6. The summed E-state index contributed by atoms with van der Waals surface area (Å²) in [4.78, 5) is 12.6. The number of methoxy groups -OCH3 is 1. The number of amides is 2. The van der Waals surface area contributed by atoms with Gasteiger partial charge in [0.25, 0.3) is 0 Å². The third-order valence-electron chi connectivity index (χ3n) is 8.17. The van der Waals surface area contributed by atoms with E-state index in [0.717, 1.165) is 24.3 Å². The minimum atomic E-state index is -0.138. The minimum absolute atomic E-state index is 0.0959. The molecular formula is C28H38N2O2. The first-order chi connectivity index (χ1) is 15.2. The topological polar surface area (TPSA) is 50.4 Å². The molecule has 1 saturated carbocycles. The third kappa shape index (κ3) is 4.24. The van der Waals surface area contributed by atoms with E-state index < -0.39 is 0 Å². The fourth-order valence-corrected chi connectivity index (χ4v) is 6.35. The Bertz CT molecular complexity index is 968. The molecule has 2 N–H and O–H groups in total. The van der Waals surface area contributed by atoms with Crippen LogP contribution in [0.4, 0.5) is 10.5 Å². The zero-order valence-corrected chi connectivity index (χ0v) is 20.3. The molecule has 1 fully saturated rings. The predicted octanol–water partition coefficient (Wildman–Crippen LogP) is 6.65. The largest absolute Gasteiger partial charge is 0.497 e. The number of aryl methyl sites for hydroxylation is 1. The summed E-state index contributed by atoms with van der Waals surface area (Å²) in [6, 6.07) is 14.5. The van der Waals surface area contributed by atoms with Crippen molar-refractivity contribution >= 4 is 11.7 Å². The number of benzene rings is 2. The van der Waals surface area contributed by atoms with Crippen LogP contribution in [0.1, 0.15) is 76.0 Å². The Morgan fingerprint density at radius 1 is 1.12 bits per heavy atom. The molecule has 4 heteroatoms. The molecule has 0 heterocycles. The highest BCUT2D eigenvalue weighted by atomic mass is 16.5. The first kappa shape index (κ1) is 22.7. The van der Waals surface area contributed by atoms with Gasteiger partial charge in [0.1, 0.15) is 5.75 Å². The lowest BCUT2D eigenvalue weighted by molar-refractivity contribution is 0.0281. The number of rotatable bonds is 5. The molecule has 2 amide bonds. The van der Waals surface area contributed by atoms with Crippen LogP contribution in [-0.4, -0.2) is 19.7 Å². The summed E-state index contributed by atoms with van der Waals surface area (Å²) in [5.74, 6) is 1.92. The third-order valence-corrected chi connectivity index (χ3v) is 8.17. The Kier molecular flexibility index (Phi) is 6.24. The molecule has 2 aromatic rings. The Labute approximate surface area is 193 Å². The van der Waals surface area contributed by atoms with Crippen molar-refractivity contribution < 1.29 is 9.53 Å². The summed E-state index contributed by atoms with van der Waals surface area (Å²) >= 11 is 0. The van der Waals surface area contributed by atoms with E-state index in [4.69, 9.17) is 4.74 Å². The molecule has 0 radical (unpaired) electrons. The van der Waals surface area contributed by atoms with Crippen LogP contribution >= 0.6 is 0 Å². The lowest BCUT2D eigenvalue weighted by atomic mass is 9.49. The number of carbonyl (C=O) groups excluding carboxylic acids is 1. The van der Waals surface area contributed by atoms with Crippen LogP contribution in [0.15, 0.2) is 42.5 Å². The van der Waals surface area contributed by atoms with Gasteiger partial charge in [-0.3, -0.25) is 0 Å². The van der Waals surface area contributed by atoms with Crippen LogP contribution < -0.4 is 15.4 Å². The van der Waals surface area contributed by atoms with Crippen molar-refractivity contribution in [1.29, 1.82) is 0 Å². The highest BCUT2D eigenvalue weighted by Crippen LogP contribution is 2.57. The fraction of sp³-hybridized carbons (Fsp3) is 0.536. The summed E-state index contributed by atoms with van der Waals surface area (Å²) in [6.07, 6.45) is 5.94. The molecule has 32 heavy (non-hydrogen) atoms. The lowest BCUT2D eigenvalue weighted by Gasteiger charge is -2.55. The normalized spacial score (nSPS) is 26.8. The number of urea groups is 1. The predicted molar refractivity (Wildman–Crippen MR) is 132 cm³/mol. The number of ether oxygens (including phenoxy) is 1. The first-order valence-corrected chi connectivity index (χ1v) is 12.1. The van der Waals surface area contributed by atoms with Gasteiger partial charge in [0.05, 0.1) is 7.11 Å². The molecule has 3 atom stereocenters. The van der Waals surface area contributed by atoms with Gasteiger partial charge in [-0.15, -0.1) is 0 Å². The molecule has 0 aliphatic heterocycles. The van der Waals surface area contributed by atoms with E-state index in [2.05, 4.69) is 56.5 Å². The van der Waals surface area contributed by atoms with Crippen molar-refractivity contribution in [2.24, 2.45) is 11.3 Å². The van der Waals surface area contributed by atoms with Crippen LogP contribution in [0.25, 0.3) is 0 Å². The molecule has 0 bridgehead atoms. The second kappa shape index (κ2) is 8.80. The van der Waals surface area contributed by atoms with Gasteiger partial charge in [0.2, 0.25) is 0 Å². The molecule has 0 spiro atoms. The van der Waals surface area contributed by atoms with Gasteiger partial charge >= 0.3 is 6.03 Å². The maximum Gasteiger partial charge on any atom is 0.319 e. The van der Waals surface area contributed by atoms with Gasteiger partial charge in [0, 0.05) is 12.2 Å². The smallest absolute Gasteiger partial charge is 0.319 e. The zero-order chi connectivity index (χ0) is 22.9. The lowest BCUT2D eigenvalue weighted by Crippen LogP contribution is -2.53. The van der Waals surface area contributed by atoms with E-state index in [1.54, 1.807) is 18.2 Å². The van der Waals surface area contributed by atoms with Gasteiger partial charge in [-0.1, -0.05) is 52.3 Å². The van der Waals surface area contributed by atoms with Crippen LogP contribution in [0.5, 0.6) is 5.75 Å². The van der Waals surface area contributed by atoms with E-state index in [9.17, 15) is 4.79 Å². The molecule has 4 nitrogen and oxygen atoms in total. The van der Waals surface area contributed by atoms with Crippen LogP contribution in [0.2, 0.25) is 0 Å². The molecule has 2 aliphatic carbocycles. The van der Waals surface area contributed by atoms with Crippen LogP contribution in [0, 0.1) is 11.3 Å². The van der Waals surface area contributed by atoms with Gasteiger partial charge in [-0.05, 0) is 89.3 Å². The van der Waals surface area contributed by atoms with Gasteiger partial charge in [-0.25, -0.2) is 4.79 Å². The summed E-state index contributed by atoms with van der Waals surface area (Å²) < 4.78 is 5.19. The molecule has 4 rings (SSSR count). The molecule has 172 valence electrons. The van der Waals surface area contributed by atoms with Crippen molar-refractivity contribution in [3.8, 4) is 5.75 Å². The van der Waals surface area contributed by atoms with E-state index in [0.29, 0.717) is 18.4 Å². The van der Waals surface area contributed by atoms with E-state index in [-0.39, 0.29) is 16.9 Å². The van der Waals surface area contributed by atoms with E-state index >= 15 is 0 Å². The molecule has 2 aliphatic rings. The highest BCUT2D eigenvalue weighted by molar-refractivity contribution is 5.89. The summed E-state index contributed by atoms with van der Waals surface area (Å²) in [7, 11) is 1.64. The maximum atomic E-state index is 12.6. The van der Waals surface area contributed by atoms with Crippen LogP contribution in [-0.2, 0) is 11.8 Å². The Hall–Kier alpha value is -2.49. The Morgan fingerprint density at radius 2 is 1.88 bits per heavy atom. The number of hydrogen-bond donors (Lipinski definition) is 2. The van der Waals surface area contributed by atoms with E-state index in [1.165, 1.54) is 24.8 Å². The summed E-state index contributed by atoms with van der Waals surface area (Å²) in [5, 5.41) is 6.15. The summed E-state index contributed by atoms with van der Waals surface area (Å²) in [5.41, 5.74) is 5.59. The van der Waals surface area contributed by atoms with Crippen molar-refractivity contribution in [3.63, 3.8) is 0 Å². The standard InChI is InChI=1S/C28H38N2O2/c1-19(2)20-7-13-24-21(17-20)8-14-25-27(3,15-6-16-28(24,25)4)18-29-26(31)30-22-9-11-23(32-5)12-10-22/h7,9-13,17,19,25H,6,8,14-16,18H2,1-5H3,(H2,29,30,31)/t25-,27-,28-/m1/s1. The van der Waals surface area contributed by atoms with Gasteiger partial charge < -0.3 is 15.4 Å². The van der Waals surface area contributed by atoms with Gasteiger partial charge in [0.15, 0.2) is 0 Å². The number of fused-ring (bicyclic) bond motifs is 3. The Balaban J connectivity index is 1.47. The van der Waals surface area contributed by atoms with Crippen molar-refractivity contribution in [2.45, 2.75) is 71.1 Å². The van der Waals surface area contributed by atoms with Crippen molar-refractivity contribution in [1.82, 2.24) is 5.32 Å². The molecule has 0 unspecified atom stereocenters. The van der Waals surface area contributed by atoms with Crippen molar-refractivity contribution in [2.75, 3.05) is 19.0 Å². The fourth-order valence-electron chi connectivity index (χ4n) is 6.35. The first-order valence-electron chi connectivity index (χ1n) is 12.1. The highest BCUT2D eigenvalue weighted by Gasteiger charge is 2.51. The van der Waals surface area contributed by atoms with Crippen molar-refractivity contribution in [3.05, 3.63) is 59.2 Å². The average molecular weight is 435 g/mol. The number of hydrogen-bond acceptors (Lipinski definition) is 2. The molecular weight excluding hydrogens is 396 g/mol. The van der Waals surface area contributed by atoms with Gasteiger partial charge in [-0.2, -0.15) is 0 Å². The van der Waals surface area contributed by atoms with Crippen LogP contribution in [0.3, 0.4) is 0 Å². The number of nitrogens with one attached hydrogen (secondary N) is 2. The molecule has 0 aromatic heterocycles. The minimum Gasteiger partial charge on any atom is -0.497 e. The number of anilines is 1. The molecule has 0 saturated heterocycles. The molecule has 2 aromatic carbocycles. The monoisotopic (exact) mass is 434 g/mol. The second-order valence-electron chi connectivity index (χ2n) is 10.6. The average Bonchev–Trinajstić information content (AvgIpc) is 2.78. The second-order valence-corrected chi connectivity index (χ2v) is 10.6. The Morgan fingerprint density at radius 3 is 2.56 bits per heavy atom. The zero-order valence-electron chi connectivity index (χ0n) is 20.3. The summed E-state index contributed by atoms with van der Waals surface area (Å²) in [6.45, 7) is 10.1. The quantitative estimate of drug-likeness (QED) is 0.553. The number of carbonyl (C=O) groups is 1.